The molecule has 0 saturated carbocycles. The molecule has 0 fully saturated rings. The fourth-order valence-electron chi connectivity index (χ4n) is 3.40. The van der Waals surface area contributed by atoms with Gasteiger partial charge < -0.3 is 5.32 Å². The number of benzene rings is 1. The average Bonchev–Trinajstić information content (AvgIpc) is 3.36. The van der Waals surface area contributed by atoms with E-state index in [4.69, 9.17) is 28.9 Å². The van der Waals surface area contributed by atoms with E-state index in [1.807, 2.05) is 57.6 Å². The molecule has 1 N–H and O–H groups in total. The predicted molar refractivity (Wildman–Crippen MR) is 126 cm³/mol. The van der Waals surface area contributed by atoms with E-state index in [-0.39, 0.29) is 12.3 Å². The summed E-state index contributed by atoms with van der Waals surface area (Å²) in [6.45, 7) is 3.61. The Balaban J connectivity index is 1.44. The smallest absolute Gasteiger partial charge is 0.222 e. The van der Waals surface area contributed by atoms with Gasteiger partial charge in [-0.25, -0.2) is 4.68 Å². The number of halogens is 1. The number of pyridine rings is 1. The number of hydrogen-bond acceptors (Lipinski definition) is 5. The van der Waals surface area contributed by atoms with Gasteiger partial charge in [-0.1, -0.05) is 31.0 Å². The zero-order valence-electron chi connectivity index (χ0n) is 17.7. The third-order valence-electron chi connectivity index (χ3n) is 5.14. The van der Waals surface area contributed by atoms with Crippen LogP contribution in [0.25, 0.3) is 17.0 Å². The number of fused-ring (bicyclic) bond motifs is 1. The molecule has 4 aromatic rings. The van der Waals surface area contributed by atoms with Crippen molar-refractivity contribution in [2.24, 2.45) is 0 Å². The number of hydrogen-bond donors (Lipinski definition) is 1. The van der Waals surface area contributed by atoms with E-state index in [2.05, 4.69) is 22.4 Å². The summed E-state index contributed by atoms with van der Waals surface area (Å²) in [7, 11) is 0. The number of amides is 1. The van der Waals surface area contributed by atoms with Crippen LogP contribution in [-0.4, -0.2) is 34.9 Å². The third-order valence-corrected chi connectivity index (χ3v) is 5.82. The van der Waals surface area contributed by atoms with Gasteiger partial charge in [0, 0.05) is 29.7 Å². The first-order valence-corrected chi connectivity index (χ1v) is 11.3. The van der Waals surface area contributed by atoms with Crippen molar-refractivity contribution in [3.05, 3.63) is 64.3 Å². The van der Waals surface area contributed by atoms with Crippen molar-refractivity contribution in [3.63, 3.8) is 0 Å². The van der Waals surface area contributed by atoms with Crippen LogP contribution in [0.4, 0.5) is 0 Å². The molecule has 10 heteroatoms. The van der Waals surface area contributed by atoms with Gasteiger partial charge in [-0.2, -0.15) is 5.10 Å². The summed E-state index contributed by atoms with van der Waals surface area (Å²) in [5, 5.41) is 16.5. The predicted octanol–water partition coefficient (Wildman–Crippen LogP) is 4.28. The van der Waals surface area contributed by atoms with Crippen LogP contribution in [0, 0.1) is 4.77 Å². The number of unbranched alkanes of at least 4 members (excludes halogenated alkanes) is 1. The van der Waals surface area contributed by atoms with Gasteiger partial charge in [0.25, 0.3) is 0 Å². The molecule has 1 aromatic carbocycles. The number of carbonyl (C=O) groups excluding carboxylic acids is 1. The molecule has 0 radical (unpaired) electrons. The van der Waals surface area contributed by atoms with Gasteiger partial charge in [0.1, 0.15) is 0 Å². The topological polar surface area (TPSA) is 82.0 Å². The average molecular weight is 470 g/mol. The molecule has 0 unspecified atom stereocenters. The molecule has 0 aliphatic heterocycles. The lowest BCUT2D eigenvalue weighted by Crippen LogP contribution is -2.25. The van der Waals surface area contributed by atoms with Crippen LogP contribution in [0.2, 0.25) is 5.02 Å². The normalized spacial score (nSPS) is 11.2. The lowest BCUT2D eigenvalue weighted by atomic mass is 10.2. The highest BCUT2D eigenvalue weighted by molar-refractivity contribution is 7.71. The van der Waals surface area contributed by atoms with E-state index in [9.17, 15) is 4.79 Å². The van der Waals surface area contributed by atoms with Gasteiger partial charge in [-0.3, -0.25) is 13.8 Å². The summed E-state index contributed by atoms with van der Waals surface area (Å²) in [6.07, 6.45) is 4.17. The van der Waals surface area contributed by atoms with E-state index < -0.39 is 0 Å². The molecule has 32 heavy (non-hydrogen) atoms. The minimum Gasteiger partial charge on any atom is -0.349 e. The minimum atomic E-state index is -0.101. The maximum absolute atomic E-state index is 12.5. The summed E-state index contributed by atoms with van der Waals surface area (Å²) >= 11 is 11.7. The molecule has 3 heterocycles. The molecule has 3 aromatic heterocycles. The second-order valence-electron chi connectivity index (χ2n) is 7.41. The summed E-state index contributed by atoms with van der Waals surface area (Å²) in [6, 6.07) is 13.2. The molecule has 166 valence electrons. The first-order valence-electron chi connectivity index (χ1n) is 10.6. The number of carbonyl (C=O) groups is 1. The Morgan fingerprint density at radius 1 is 1.12 bits per heavy atom. The zero-order valence-corrected chi connectivity index (χ0v) is 19.3. The van der Waals surface area contributed by atoms with E-state index in [1.165, 1.54) is 0 Å². The third kappa shape index (κ3) is 4.89. The van der Waals surface area contributed by atoms with Gasteiger partial charge in [-0.15, -0.1) is 10.2 Å². The number of aryl methyl sites for hydroxylation is 1. The Morgan fingerprint density at radius 3 is 2.72 bits per heavy atom. The van der Waals surface area contributed by atoms with Crippen molar-refractivity contribution in [2.75, 3.05) is 0 Å². The first-order chi connectivity index (χ1) is 15.6. The van der Waals surface area contributed by atoms with Gasteiger partial charge in [0.15, 0.2) is 22.1 Å². The Labute approximate surface area is 195 Å². The van der Waals surface area contributed by atoms with Crippen molar-refractivity contribution in [2.45, 2.75) is 45.8 Å². The van der Waals surface area contributed by atoms with Crippen molar-refractivity contribution in [1.82, 2.24) is 34.3 Å². The summed E-state index contributed by atoms with van der Waals surface area (Å²) in [5.74, 6) is 1.37. The lowest BCUT2D eigenvalue weighted by molar-refractivity contribution is -0.121. The summed E-state index contributed by atoms with van der Waals surface area (Å²) in [5.41, 5.74) is 1.69. The fraction of sp³-hybridized carbons (Fsp3) is 0.318. The Morgan fingerprint density at radius 2 is 1.94 bits per heavy atom. The van der Waals surface area contributed by atoms with Crippen molar-refractivity contribution < 1.29 is 4.79 Å². The van der Waals surface area contributed by atoms with E-state index in [1.54, 1.807) is 4.68 Å². The number of nitrogens with zero attached hydrogens (tertiary/aromatic N) is 6. The van der Waals surface area contributed by atoms with Crippen molar-refractivity contribution in [1.29, 1.82) is 0 Å². The quantitative estimate of drug-likeness (QED) is 0.370. The molecule has 8 nitrogen and oxygen atoms in total. The second-order valence-corrected chi connectivity index (χ2v) is 8.21. The van der Waals surface area contributed by atoms with Crippen LogP contribution in [0.3, 0.4) is 0 Å². The molecule has 0 aliphatic rings. The molecule has 0 bridgehead atoms. The van der Waals surface area contributed by atoms with Crippen molar-refractivity contribution in [3.8, 4) is 11.4 Å². The Hall–Kier alpha value is -3.04. The zero-order chi connectivity index (χ0) is 22.5. The van der Waals surface area contributed by atoms with Crippen LogP contribution in [0.15, 0.2) is 48.7 Å². The van der Waals surface area contributed by atoms with E-state index >= 15 is 0 Å². The highest BCUT2D eigenvalue weighted by Gasteiger charge is 2.14. The maximum Gasteiger partial charge on any atom is 0.222 e. The van der Waals surface area contributed by atoms with Gasteiger partial charge in [-0.05, 0) is 55.0 Å². The number of aromatic nitrogens is 6. The van der Waals surface area contributed by atoms with Gasteiger partial charge in [0.05, 0.1) is 13.1 Å². The molecule has 0 spiro atoms. The first kappa shape index (κ1) is 22.2. The highest BCUT2D eigenvalue weighted by Crippen LogP contribution is 2.21. The van der Waals surface area contributed by atoms with Crippen molar-refractivity contribution >= 4 is 35.4 Å². The monoisotopic (exact) mass is 469 g/mol. The summed E-state index contributed by atoms with van der Waals surface area (Å²) < 4.78 is 6.22. The summed E-state index contributed by atoms with van der Waals surface area (Å²) in [4.78, 5) is 12.5. The van der Waals surface area contributed by atoms with Crippen LogP contribution in [0.5, 0.6) is 0 Å². The number of nitrogens with one attached hydrogen (secondary N) is 1. The van der Waals surface area contributed by atoms with Crippen LogP contribution < -0.4 is 5.32 Å². The molecular weight excluding hydrogens is 446 g/mol. The Kier molecular flexibility index (Phi) is 6.96. The van der Waals surface area contributed by atoms with E-state index in [0.717, 1.165) is 36.4 Å². The number of rotatable bonds is 9. The molecule has 4 rings (SSSR count). The minimum absolute atomic E-state index is 0.101. The van der Waals surface area contributed by atoms with Gasteiger partial charge >= 0.3 is 0 Å². The van der Waals surface area contributed by atoms with Gasteiger partial charge in [0.2, 0.25) is 5.91 Å². The molecular formula is C22H24ClN7OS. The highest BCUT2D eigenvalue weighted by atomic mass is 35.5. The SMILES string of the molecule is CCCCn1c(-c2ccc(Cl)cc2)nn(CCC(=O)NCc2nnc3ccccn23)c1=S. The fourth-order valence-corrected chi connectivity index (χ4v) is 3.84. The maximum atomic E-state index is 12.5. The van der Waals surface area contributed by atoms with E-state index in [0.29, 0.717) is 28.7 Å². The molecule has 0 atom stereocenters. The van der Waals surface area contributed by atoms with Crippen LogP contribution >= 0.6 is 23.8 Å². The molecule has 0 aliphatic carbocycles. The largest absolute Gasteiger partial charge is 0.349 e. The molecule has 0 saturated heterocycles. The van der Waals surface area contributed by atoms with Crippen LogP contribution in [-0.2, 0) is 24.4 Å². The Bertz CT molecular complexity index is 1280. The standard InChI is InChI=1S/C22H24ClN7OS/c1-2-3-12-29-21(16-7-9-17(23)10-8-16)27-30(22(29)32)14-11-20(31)24-15-19-26-25-18-6-4-5-13-28(18)19/h4-10,13H,2-3,11-12,14-15H2,1H3,(H,24,31). The molecule has 1 amide bonds. The second kappa shape index (κ2) is 10.1. The lowest BCUT2D eigenvalue weighted by Gasteiger charge is -2.06. The van der Waals surface area contributed by atoms with Crippen LogP contribution in [0.1, 0.15) is 32.0 Å².